The number of hydrogen-bond acceptors (Lipinski definition) is 2. The Morgan fingerprint density at radius 2 is 2.10 bits per heavy atom. The summed E-state index contributed by atoms with van der Waals surface area (Å²) in [7, 11) is 0. The minimum Gasteiger partial charge on any atom is -0.380 e. The minimum absolute atomic E-state index is 0. The van der Waals surface area contributed by atoms with Crippen molar-refractivity contribution >= 4 is 41.5 Å². The molecule has 0 saturated heterocycles. The molecule has 1 aromatic carbocycles. The zero-order chi connectivity index (χ0) is 14.8. The van der Waals surface area contributed by atoms with Crippen molar-refractivity contribution in [3.05, 3.63) is 34.6 Å². The first-order chi connectivity index (χ1) is 9.67. The third-order valence-corrected chi connectivity index (χ3v) is 2.78. The van der Waals surface area contributed by atoms with Crippen LogP contribution in [0.15, 0.2) is 23.2 Å². The quantitative estimate of drug-likeness (QED) is 0.303. The molecule has 0 aromatic heterocycles. The number of ether oxygens (including phenoxy) is 1. The van der Waals surface area contributed by atoms with Gasteiger partial charge in [-0.2, -0.15) is 0 Å². The van der Waals surface area contributed by atoms with Gasteiger partial charge < -0.3 is 15.4 Å². The third kappa shape index (κ3) is 8.43. The van der Waals surface area contributed by atoms with Crippen molar-refractivity contribution in [2.24, 2.45) is 4.99 Å². The number of nitrogens with zero attached hydrogens (tertiary/aromatic N) is 1. The molecule has 0 heterocycles. The van der Waals surface area contributed by atoms with Crippen LogP contribution in [0.5, 0.6) is 0 Å². The second-order valence-electron chi connectivity index (χ2n) is 4.07. The first kappa shape index (κ1) is 20.4. The maximum absolute atomic E-state index is 13.1. The molecule has 1 rings (SSSR count). The highest BCUT2D eigenvalue weighted by Gasteiger charge is 2.01. The van der Waals surface area contributed by atoms with Gasteiger partial charge in [0.05, 0.1) is 18.2 Å². The maximum atomic E-state index is 13.1. The zero-order valence-corrected chi connectivity index (χ0v) is 15.4. The molecule has 0 radical (unpaired) electrons. The number of aliphatic imine (C=N–C) groups is 1. The average molecular weight is 430 g/mol. The van der Waals surface area contributed by atoms with E-state index in [1.165, 1.54) is 6.07 Å². The molecular formula is C14H22ClFIN3O. The van der Waals surface area contributed by atoms with Gasteiger partial charge in [-0.15, -0.1) is 24.0 Å². The lowest BCUT2D eigenvalue weighted by Gasteiger charge is -2.11. The first-order valence-corrected chi connectivity index (χ1v) is 7.09. The number of hydrogen-bond donors (Lipinski definition) is 2. The zero-order valence-electron chi connectivity index (χ0n) is 12.3. The maximum Gasteiger partial charge on any atom is 0.191 e. The van der Waals surface area contributed by atoms with Crippen LogP contribution in [0.1, 0.15) is 19.4 Å². The Kier molecular flexibility index (Phi) is 11.7. The fourth-order valence-corrected chi connectivity index (χ4v) is 1.74. The van der Waals surface area contributed by atoms with Crippen molar-refractivity contribution in [1.29, 1.82) is 0 Å². The van der Waals surface area contributed by atoms with Crippen molar-refractivity contribution in [2.75, 3.05) is 26.3 Å². The fraction of sp³-hybridized carbons (Fsp3) is 0.500. The molecule has 0 aliphatic heterocycles. The number of benzene rings is 1. The van der Waals surface area contributed by atoms with Crippen molar-refractivity contribution < 1.29 is 9.13 Å². The van der Waals surface area contributed by atoms with Crippen molar-refractivity contribution in [3.8, 4) is 0 Å². The molecule has 0 aliphatic carbocycles. The smallest absolute Gasteiger partial charge is 0.191 e. The summed E-state index contributed by atoms with van der Waals surface area (Å²) in [6.07, 6.45) is 0. The molecule has 0 atom stereocenters. The van der Waals surface area contributed by atoms with Gasteiger partial charge in [-0.25, -0.2) is 9.38 Å². The Morgan fingerprint density at radius 3 is 2.71 bits per heavy atom. The largest absolute Gasteiger partial charge is 0.380 e. The lowest BCUT2D eigenvalue weighted by atomic mass is 10.2. The molecule has 0 aliphatic rings. The molecule has 0 amide bonds. The van der Waals surface area contributed by atoms with E-state index in [1.54, 1.807) is 12.1 Å². The van der Waals surface area contributed by atoms with Crippen molar-refractivity contribution in [3.63, 3.8) is 0 Å². The van der Waals surface area contributed by atoms with E-state index in [4.69, 9.17) is 16.3 Å². The van der Waals surface area contributed by atoms with Crippen molar-refractivity contribution in [1.82, 2.24) is 10.6 Å². The number of rotatable bonds is 7. The first-order valence-electron chi connectivity index (χ1n) is 6.71. The number of nitrogens with one attached hydrogen (secondary N) is 2. The summed E-state index contributed by atoms with van der Waals surface area (Å²) < 4.78 is 18.3. The monoisotopic (exact) mass is 429 g/mol. The highest BCUT2D eigenvalue weighted by Crippen LogP contribution is 2.16. The van der Waals surface area contributed by atoms with E-state index >= 15 is 0 Å². The summed E-state index contributed by atoms with van der Waals surface area (Å²) in [4.78, 5) is 4.41. The van der Waals surface area contributed by atoms with Crippen LogP contribution >= 0.6 is 35.6 Å². The van der Waals surface area contributed by atoms with Crippen LogP contribution in [0.25, 0.3) is 0 Å². The van der Waals surface area contributed by atoms with Crippen LogP contribution in [0.4, 0.5) is 4.39 Å². The Balaban J connectivity index is 0.00000400. The molecule has 0 bridgehead atoms. The predicted octanol–water partition coefficient (Wildman–Crippen LogP) is 3.19. The van der Waals surface area contributed by atoms with Crippen LogP contribution < -0.4 is 10.6 Å². The molecule has 0 saturated carbocycles. The van der Waals surface area contributed by atoms with E-state index in [0.29, 0.717) is 32.3 Å². The van der Waals surface area contributed by atoms with Gasteiger partial charge in [-0.3, -0.25) is 0 Å². The molecule has 7 heteroatoms. The Morgan fingerprint density at radius 1 is 1.33 bits per heavy atom. The summed E-state index contributed by atoms with van der Waals surface area (Å²) in [5.74, 6) is 0.286. The number of halogens is 3. The predicted molar refractivity (Wildman–Crippen MR) is 96.1 cm³/mol. The molecule has 0 spiro atoms. The van der Waals surface area contributed by atoms with Crippen LogP contribution in [-0.2, 0) is 11.3 Å². The Hall–Kier alpha value is -0.600. The van der Waals surface area contributed by atoms with Crippen LogP contribution in [0, 0.1) is 5.82 Å². The van der Waals surface area contributed by atoms with Gasteiger partial charge in [-0.05, 0) is 31.5 Å². The molecule has 0 unspecified atom stereocenters. The average Bonchev–Trinajstić information content (AvgIpc) is 2.44. The Labute approximate surface area is 147 Å². The summed E-state index contributed by atoms with van der Waals surface area (Å²) in [6, 6.07) is 4.61. The van der Waals surface area contributed by atoms with Gasteiger partial charge in [0.15, 0.2) is 5.96 Å². The SMILES string of the molecule is CCNC(=NCc1ccc(F)c(Cl)c1)NCCOCC.I. The molecule has 21 heavy (non-hydrogen) atoms. The minimum atomic E-state index is -0.416. The lowest BCUT2D eigenvalue weighted by Crippen LogP contribution is -2.39. The topological polar surface area (TPSA) is 45.7 Å². The molecule has 0 fully saturated rings. The highest BCUT2D eigenvalue weighted by atomic mass is 127. The van der Waals surface area contributed by atoms with E-state index in [-0.39, 0.29) is 29.0 Å². The normalized spacial score (nSPS) is 11.0. The molecule has 2 N–H and O–H groups in total. The molecule has 1 aromatic rings. The van der Waals surface area contributed by atoms with E-state index in [9.17, 15) is 4.39 Å². The van der Waals surface area contributed by atoms with Crippen molar-refractivity contribution in [2.45, 2.75) is 20.4 Å². The highest BCUT2D eigenvalue weighted by molar-refractivity contribution is 14.0. The van der Waals surface area contributed by atoms with Gasteiger partial charge >= 0.3 is 0 Å². The lowest BCUT2D eigenvalue weighted by molar-refractivity contribution is 0.152. The van der Waals surface area contributed by atoms with E-state index in [1.807, 2.05) is 13.8 Å². The van der Waals surface area contributed by atoms with E-state index < -0.39 is 5.82 Å². The fourth-order valence-electron chi connectivity index (χ4n) is 1.54. The molecular weight excluding hydrogens is 408 g/mol. The molecule has 120 valence electrons. The summed E-state index contributed by atoms with van der Waals surface area (Å²) in [5.41, 5.74) is 0.860. The molecule has 4 nitrogen and oxygen atoms in total. The standard InChI is InChI=1S/C14H21ClFN3O.HI/c1-3-17-14(18-7-8-20-4-2)19-10-11-5-6-13(16)12(15)9-11;/h5-6,9H,3-4,7-8,10H2,1-2H3,(H2,17,18,19);1H. The second kappa shape index (κ2) is 12.0. The summed E-state index contributed by atoms with van der Waals surface area (Å²) in [5, 5.41) is 6.41. The van der Waals surface area contributed by atoms with Crippen LogP contribution in [0.3, 0.4) is 0 Å². The summed E-state index contributed by atoms with van der Waals surface area (Å²) in [6.45, 7) is 7.16. The van der Waals surface area contributed by atoms with Crippen LogP contribution in [-0.4, -0.2) is 32.3 Å². The van der Waals surface area contributed by atoms with Gasteiger partial charge in [0.25, 0.3) is 0 Å². The summed E-state index contributed by atoms with van der Waals surface area (Å²) >= 11 is 5.74. The van der Waals surface area contributed by atoms with E-state index in [0.717, 1.165) is 12.1 Å². The third-order valence-electron chi connectivity index (χ3n) is 2.49. The van der Waals surface area contributed by atoms with E-state index in [2.05, 4.69) is 15.6 Å². The van der Waals surface area contributed by atoms with Gasteiger partial charge in [-0.1, -0.05) is 17.7 Å². The van der Waals surface area contributed by atoms with Gasteiger partial charge in [0, 0.05) is 19.7 Å². The Bertz CT molecular complexity index is 446. The second-order valence-corrected chi connectivity index (χ2v) is 4.47. The number of guanidine groups is 1. The van der Waals surface area contributed by atoms with Gasteiger partial charge in [0.1, 0.15) is 5.82 Å². The van der Waals surface area contributed by atoms with Gasteiger partial charge in [0.2, 0.25) is 0 Å². The van der Waals surface area contributed by atoms with Crippen LogP contribution in [0.2, 0.25) is 5.02 Å².